The number of nitrogens with zero attached hydrogens (tertiary/aromatic N) is 5. The van der Waals surface area contributed by atoms with E-state index in [1.165, 1.54) is 29.5 Å². The summed E-state index contributed by atoms with van der Waals surface area (Å²) in [6.45, 7) is 3.85. The molecule has 196 valence electrons. The van der Waals surface area contributed by atoms with E-state index in [4.69, 9.17) is 4.74 Å². The first kappa shape index (κ1) is 26.3. The third kappa shape index (κ3) is 5.33. The third-order valence-corrected chi connectivity index (χ3v) is 8.68. The zero-order chi connectivity index (χ0) is 26.0. The number of aromatic nitrogens is 3. The van der Waals surface area contributed by atoms with Crippen LogP contribution in [-0.4, -0.2) is 82.1 Å². The molecule has 0 saturated carbocycles. The van der Waals surface area contributed by atoms with Gasteiger partial charge in [-0.1, -0.05) is 13.0 Å². The van der Waals surface area contributed by atoms with Gasteiger partial charge < -0.3 is 19.3 Å². The second-order valence-corrected chi connectivity index (χ2v) is 11.8. The fourth-order valence-corrected chi connectivity index (χ4v) is 5.77. The van der Waals surface area contributed by atoms with Crippen LogP contribution in [0.1, 0.15) is 55.5 Å². The highest BCUT2D eigenvalue weighted by Crippen LogP contribution is 2.32. The van der Waals surface area contributed by atoms with Crippen molar-refractivity contribution in [3.8, 4) is 5.88 Å². The van der Waals surface area contributed by atoms with Crippen LogP contribution in [0.4, 0.5) is 0 Å². The van der Waals surface area contributed by atoms with Crippen molar-refractivity contribution >= 4 is 21.5 Å². The van der Waals surface area contributed by atoms with Gasteiger partial charge in [0.15, 0.2) is 5.03 Å². The summed E-state index contributed by atoms with van der Waals surface area (Å²) in [4.78, 5) is 23.8. The second kappa shape index (κ2) is 10.7. The van der Waals surface area contributed by atoms with Crippen molar-refractivity contribution in [2.75, 3.05) is 26.7 Å². The zero-order valence-corrected chi connectivity index (χ0v) is 22.1. The van der Waals surface area contributed by atoms with Gasteiger partial charge in [0.1, 0.15) is 11.7 Å². The van der Waals surface area contributed by atoms with Crippen LogP contribution in [0.25, 0.3) is 5.57 Å². The molecule has 11 heteroatoms. The molecule has 0 saturated heterocycles. The number of pyridine rings is 1. The predicted octanol–water partition coefficient (Wildman–Crippen LogP) is 2.31. The summed E-state index contributed by atoms with van der Waals surface area (Å²) >= 11 is 0. The maximum atomic E-state index is 13.6. The molecule has 1 N–H and O–H groups in total. The number of carbonyl (C=O) groups excluding carboxylic acids is 1. The molecule has 2 aromatic heterocycles. The maximum Gasteiger partial charge on any atom is 0.261 e. The molecule has 2 aromatic rings. The number of likely N-dealkylation sites (N-methyl/N-ethyl adjacent to an activating group) is 1. The number of aliphatic hydroxyl groups excluding tert-OH is 1. The molecular weight excluding hydrogens is 482 g/mol. The topological polar surface area (TPSA) is 118 Å². The van der Waals surface area contributed by atoms with Gasteiger partial charge in [-0.2, -0.15) is 4.31 Å². The lowest BCUT2D eigenvalue weighted by Crippen LogP contribution is -2.50. The van der Waals surface area contributed by atoms with Crippen LogP contribution in [0.3, 0.4) is 0 Å². The van der Waals surface area contributed by atoms with Crippen molar-refractivity contribution in [3.05, 3.63) is 42.0 Å². The molecule has 0 fully saturated rings. The van der Waals surface area contributed by atoms with Crippen molar-refractivity contribution in [2.24, 2.45) is 13.0 Å². The standard InChI is InChI=1S/C25H35N5O5S/c1-17-12-30(18(2)15-31)25(32)21-10-20(19-8-6-5-7-9-19)11-26-24(21)35-22(17)13-29(4)36(33,34)23-14-28(3)16-27-23/h8,10-11,14,16-18,22,31H,5-7,9,12-13,15H2,1-4H3/t17-,18-,22-/m1/s1. The molecular formula is C25H35N5O5S. The highest BCUT2D eigenvalue weighted by atomic mass is 32.2. The summed E-state index contributed by atoms with van der Waals surface area (Å²) in [6.07, 6.45) is 10.4. The molecule has 0 aromatic carbocycles. The molecule has 10 nitrogen and oxygen atoms in total. The molecule has 2 aliphatic rings. The lowest BCUT2D eigenvalue weighted by molar-refractivity contribution is 0.0373. The largest absolute Gasteiger partial charge is 0.472 e. The molecule has 4 rings (SSSR count). The van der Waals surface area contributed by atoms with E-state index in [2.05, 4.69) is 16.0 Å². The monoisotopic (exact) mass is 517 g/mol. The fraction of sp³-hybridized carbons (Fsp3) is 0.560. The first-order valence-electron chi connectivity index (χ1n) is 12.3. The van der Waals surface area contributed by atoms with E-state index >= 15 is 0 Å². The Morgan fingerprint density at radius 1 is 1.31 bits per heavy atom. The summed E-state index contributed by atoms with van der Waals surface area (Å²) in [7, 11) is -0.633. The molecule has 3 atom stereocenters. The van der Waals surface area contributed by atoms with Crippen LogP contribution in [0.2, 0.25) is 0 Å². The Bertz CT molecular complexity index is 1240. The molecule has 3 heterocycles. The Labute approximate surface area is 212 Å². The molecule has 0 unspecified atom stereocenters. The number of hydrogen-bond acceptors (Lipinski definition) is 7. The highest BCUT2D eigenvalue weighted by Gasteiger charge is 2.36. The Balaban J connectivity index is 1.68. The molecule has 36 heavy (non-hydrogen) atoms. The summed E-state index contributed by atoms with van der Waals surface area (Å²) in [5.74, 6) is -0.312. The van der Waals surface area contributed by atoms with Gasteiger partial charge in [-0.25, -0.2) is 18.4 Å². The first-order valence-corrected chi connectivity index (χ1v) is 13.8. The summed E-state index contributed by atoms with van der Waals surface area (Å²) < 4.78 is 35.2. The van der Waals surface area contributed by atoms with Gasteiger partial charge >= 0.3 is 0 Å². The van der Waals surface area contributed by atoms with Crippen molar-refractivity contribution in [1.82, 2.24) is 23.7 Å². The van der Waals surface area contributed by atoms with E-state index in [1.807, 2.05) is 13.0 Å². The number of aliphatic hydroxyl groups is 1. The van der Waals surface area contributed by atoms with Crippen molar-refractivity contribution < 1.29 is 23.1 Å². The number of ether oxygens (including phenoxy) is 1. The van der Waals surface area contributed by atoms with Gasteiger partial charge in [0.2, 0.25) is 5.88 Å². The lowest BCUT2D eigenvalue weighted by Gasteiger charge is -2.37. The van der Waals surface area contributed by atoms with Gasteiger partial charge in [-0.05, 0) is 49.8 Å². The fourth-order valence-electron chi connectivity index (χ4n) is 4.63. The number of amides is 1. The van der Waals surface area contributed by atoms with Crippen LogP contribution >= 0.6 is 0 Å². The third-order valence-electron chi connectivity index (χ3n) is 6.98. The van der Waals surface area contributed by atoms with Crippen LogP contribution < -0.4 is 4.74 Å². The van der Waals surface area contributed by atoms with Gasteiger partial charge in [0.25, 0.3) is 15.9 Å². The number of allylic oxidation sites excluding steroid dienone is 2. The average Bonchev–Trinajstić information content (AvgIpc) is 3.33. The summed E-state index contributed by atoms with van der Waals surface area (Å²) in [5.41, 5.74) is 2.38. The SMILES string of the molecule is C[C@@H]1CN([C@H](C)CO)C(=O)c2cc(C3=CCCCC3)cnc2O[C@@H]1CN(C)S(=O)(=O)c1cn(C)cn1. The normalized spacial score (nSPS) is 21.9. The Morgan fingerprint density at radius 3 is 2.72 bits per heavy atom. The number of sulfonamides is 1. The van der Waals surface area contributed by atoms with Gasteiger partial charge in [0, 0.05) is 39.0 Å². The quantitative estimate of drug-likeness (QED) is 0.599. The molecule has 0 bridgehead atoms. The maximum absolute atomic E-state index is 13.6. The molecule has 0 spiro atoms. The van der Waals surface area contributed by atoms with E-state index in [-0.39, 0.29) is 35.9 Å². The van der Waals surface area contributed by atoms with Gasteiger partial charge in [-0.15, -0.1) is 0 Å². The summed E-state index contributed by atoms with van der Waals surface area (Å²) in [6, 6.07) is 1.40. The van der Waals surface area contributed by atoms with Crippen molar-refractivity contribution in [3.63, 3.8) is 0 Å². The van der Waals surface area contributed by atoms with Crippen LogP contribution in [0, 0.1) is 5.92 Å². The number of hydrogen-bond donors (Lipinski definition) is 1. The molecule has 1 aliphatic heterocycles. The number of carbonyl (C=O) groups is 1. The van der Waals surface area contributed by atoms with Crippen LogP contribution in [0.5, 0.6) is 5.88 Å². The highest BCUT2D eigenvalue weighted by molar-refractivity contribution is 7.89. The minimum Gasteiger partial charge on any atom is -0.472 e. The number of aryl methyl sites for hydroxylation is 1. The first-order chi connectivity index (χ1) is 17.1. The van der Waals surface area contributed by atoms with E-state index < -0.39 is 22.2 Å². The van der Waals surface area contributed by atoms with Crippen molar-refractivity contribution in [2.45, 2.75) is 56.7 Å². The van der Waals surface area contributed by atoms with E-state index in [9.17, 15) is 18.3 Å². The Kier molecular flexibility index (Phi) is 7.82. The zero-order valence-electron chi connectivity index (χ0n) is 21.3. The predicted molar refractivity (Wildman–Crippen MR) is 135 cm³/mol. The van der Waals surface area contributed by atoms with E-state index in [0.29, 0.717) is 12.1 Å². The lowest BCUT2D eigenvalue weighted by atomic mass is 9.93. The Hall–Kier alpha value is -2.76. The van der Waals surface area contributed by atoms with Crippen LogP contribution in [-0.2, 0) is 17.1 Å². The molecule has 1 aliphatic carbocycles. The van der Waals surface area contributed by atoms with Gasteiger partial charge in [0.05, 0.1) is 25.5 Å². The molecule has 0 radical (unpaired) electrons. The van der Waals surface area contributed by atoms with E-state index in [1.54, 1.807) is 29.6 Å². The average molecular weight is 518 g/mol. The molecule has 1 amide bonds. The Morgan fingerprint density at radius 2 is 2.08 bits per heavy atom. The smallest absolute Gasteiger partial charge is 0.261 e. The number of imidazole rings is 1. The van der Waals surface area contributed by atoms with Gasteiger partial charge in [-0.3, -0.25) is 4.79 Å². The minimum atomic E-state index is -3.83. The summed E-state index contributed by atoms with van der Waals surface area (Å²) in [5, 5.41) is 9.82. The minimum absolute atomic E-state index is 0.0411. The second-order valence-electron chi connectivity index (χ2n) is 9.84. The van der Waals surface area contributed by atoms with E-state index in [0.717, 1.165) is 31.2 Å². The van der Waals surface area contributed by atoms with Crippen LogP contribution in [0.15, 0.2) is 35.9 Å². The van der Waals surface area contributed by atoms with Crippen molar-refractivity contribution in [1.29, 1.82) is 0 Å². The number of fused-ring (bicyclic) bond motifs is 1. The number of rotatable bonds is 7.